The standard InChI is InChI=1S/C13H22IN3O/c14-17-5-3-12(4-6-17)15-7-9-16(10-8-15)13(18)11-1-2-11/h11-12H,1-10H2. The molecule has 3 aliphatic rings. The van der Waals surface area contributed by atoms with Crippen molar-refractivity contribution in [1.82, 2.24) is 12.9 Å². The van der Waals surface area contributed by atoms with Crippen LogP contribution < -0.4 is 0 Å². The normalized spacial score (nSPS) is 28.6. The van der Waals surface area contributed by atoms with Crippen LogP contribution in [0, 0.1) is 5.92 Å². The molecule has 0 aromatic rings. The summed E-state index contributed by atoms with van der Waals surface area (Å²) in [7, 11) is 0. The predicted octanol–water partition coefficient (Wildman–Crippen LogP) is 1.36. The summed E-state index contributed by atoms with van der Waals surface area (Å²) in [4.78, 5) is 16.7. The van der Waals surface area contributed by atoms with Crippen LogP contribution in [0.2, 0.25) is 0 Å². The number of hydrogen-bond donors (Lipinski definition) is 0. The molecular weight excluding hydrogens is 341 g/mol. The van der Waals surface area contributed by atoms with Crippen LogP contribution in [0.15, 0.2) is 0 Å². The molecule has 5 heteroatoms. The van der Waals surface area contributed by atoms with Gasteiger partial charge in [-0.25, -0.2) is 3.11 Å². The van der Waals surface area contributed by atoms with Crippen molar-refractivity contribution in [2.24, 2.45) is 5.92 Å². The first-order valence-electron chi connectivity index (χ1n) is 7.17. The van der Waals surface area contributed by atoms with Gasteiger partial charge in [0.2, 0.25) is 5.91 Å². The van der Waals surface area contributed by atoms with Crippen molar-refractivity contribution in [3.63, 3.8) is 0 Å². The van der Waals surface area contributed by atoms with Gasteiger partial charge in [-0.1, -0.05) is 0 Å². The smallest absolute Gasteiger partial charge is 0.225 e. The summed E-state index contributed by atoms with van der Waals surface area (Å²) in [5.41, 5.74) is 0. The third-order valence-electron chi connectivity index (χ3n) is 4.48. The van der Waals surface area contributed by atoms with E-state index in [1.165, 1.54) is 25.9 Å². The summed E-state index contributed by atoms with van der Waals surface area (Å²) in [6.07, 6.45) is 4.85. The highest BCUT2D eigenvalue weighted by Gasteiger charge is 2.35. The second-order valence-electron chi connectivity index (χ2n) is 5.78. The van der Waals surface area contributed by atoms with Crippen LogP contribution in [0.1, 0.15) is 25.7 Å². The number of piperazine rings is 1. The fourth-order valence-corrected chi connectivity index (χ4v) is 3.65. The summed E-state index contributed by atoms with van der Waals surface area (Å²) < 4.78 is 2.39. The zero-order chi connectivity index (χ0) is 12.5. The molecule has 3 rings (SSSR count). The molecule has 2 saturated heterocycles. The van der Waals surface area contributed by atoms with E-state index in [0.717, 1.165) is 45.1 Å². The van der Waals surface area contributed by atoms with Gasteiger partial charge in [-0.3, -0.25) is 9.69 Å². The minimum absolute atomic E-state index is 0.388. The number of carbonyl (C=O) groups is 1. The highest BCUT2D eigenvalue weighted by atomic mass is 127. The quantitative estimate of drug-likeness (QED) is 0.548. The zero-order valence-electron chi connectivity index (χ0n) is 10.9. The lowest BCUT2D eigenvalue weighted by Crippen LogP contribution is -2.54. The van der Waals surface area contributed by atoms with Gasteiger partial charge in [0.05, 0.1) is 0 Å². The van der Waals surface area contributed by atoms with Crippen molar-refractivity contribution in [2.45, 2.75) is 31.7 Å². The van der Waals surface area contributed by atoms with Crippen molar-refractivity contribution >= 4 is 28.8 Å². The molecule has 1 amide bonds. The third kappa shape index (κ3) is 2.99. The minimum atomic E-state index is 0.388. The Kier molecular flexibility index (Phi) is 4.10. The van der Waals surface area contributed by atoms with Crippen LogP contribution in [0.3, 0.4) is 0 Å². The van der Waals surface area contributed by atoms with Crippen molar-refractivity contribution < 1.29 is 4.79 Å². The van der Waals surface area contributed by atoms with Gasteiger partial charge in [-0.15, -0.1) is 0 Å². The molecule has 102 valence electrons. The molecule has 1 saturated carbocycles. The molecule has 0 aromatic heterocycles. The third-order valence-corrected chi connectivity index (χ3v) is 5.44. The Bertz CT molecular complexity index is 305. The van der Waals surface area contributed by atoms with Gasteiger partial charge >= 0.3 is 0 Å². The van der Waals surface area contributed by atoms with E-state index < -0.39 is 0 Å². The molecule has 4 nitrogen and oxygen atoms in total. The lowest BCUT2D eigenvalue weighted by Gasteiger charge is -2.41. The van der Waals surface area contributed by atoms with Crippen LogP contribution in [-0.4, -0.2) is 64.1 Å². The largest absolute Gasteiger partial charge is 0.340 e. The number of rotatable bonds is 2. The Morgan fingerprint density at radius 2 is 1.50 bits per heavy atom. The van der Waals surface area contributed by atoms with Crippen LogP contribution in [0.5, 0.6) is 0 Å². The second-order valence-corrected chi connectivity index (χ2v) is 7.14. The average Bonchev–Trinajstić information content (AvgIpc) is 3.23. The van der Waals surface area contributed by atoms with Gasteiger partial charge < -0.3 is 4.90 Å². The van der Waals surface area contributed by atoms with Gasteiger partial charge in [0.1, 0.15) is 0 Å². The van der Waals surface area contributed by atoms with Gasteiger partial charge in [0.15, 0.2) is 0 Å². The highest BCUT2D eigenvalue weighted by Crippen LogP contribution is 2.31. The van der Waals surface area contributed by atoms with Crippen LogP contribution in [-0.2, 0) is 4.79 Å². The van der Waals surface area contributed by atoms with Gasteiger partial charge in [-0.05, 0) is 25.7 Å². The maximum absolute atomic E-state index is 12.0. The highest BCUT2D eigenvalue weighted by molar-refractivity contribution is 14.1. The molecule has 0 unspecified atom stereocenters. The predicted molar refractivity (Wildman–Crippen MR) is 79.5 cm³/mol. The van der Waals surface area contributed by atoms with E-state index in [-0.39, 0.29) is 0 Å². The zero-order valence-corrected chi connectivity index (χ0v) is 13.0. The van der Waals surface area contributed by atoms with E-state index in [0.29, 0.717) is 11.8 Å². The molecule has 18 heavy (non-hydrogen) atoms. The minimum Gasteiger partial charge on any atom is -0.340 e. The van der Waals surface area contributed by atoms with Gasteiger partial charge in [-0.2, -0.15) is 0 Å². The number of piperidine rings is 1. The number of carbonyl (C=O) groups excluding carboxylic acids is 1. The van der Waals surface area contributed by atoms with Gasteiger partial charge in [0, 0.05) is 74.1 Å². The number of hydrogen-bond acceptors (Lipinski definition) is 3. The molecule has 0 bridgehead atoms. The maximum atomic E-state index is 12.0. The molecule has 1 aliphatic carbocycles. The molecule has 0 aromatic carbocycles. The first-order chi connectivity index (χ1) is 8.74. The molecule has 2 heterocycles. The number of halogens is 1. The lowest BCUT2D eigenvalue weighted by atomic mass is 10.0. The first kappa shape index (κ1) is 13.1. The van der Waals surface area contributed by atoms with E-state index in [1.807, 2.05) is 0 Å². The van der Waals surface area contributed by atoms with Crippen LogP contribution in [0.25, 0.3) is 0 Å². The van der Waals surface area contributed by atoms with Crippen LogP contribution in [0.4, 0.5) is 0 Å². The molecular formula is C13H22IN3O. The average molecular weight is 363 g/mol. The molecule has 3 fully saturated rings. The van der Waals surface area contributed by atoms with Crippen molar-refractivity contribution in [1.29, 1.82) is 0 Å². The summed E-state index contributed by atoms with van der Waals surface area (Å²) >= 11 is 2.43. The van der Waals surface area contributed by atoms with E-state index >= 15 is 0 Å². The van der Waals surface area contributed by atoms with Gasteiger partial charge in [0.25, 0.3) is 0 Å². The van der Waals surface area contributed by atoms with Crippen molar-refractivity contribution in [3.05, 3.63) is 0 Å². The molecule has 2 aliphatic heterocycles. The van der Waals surface area contributed by atoms with E-state index in [1.54, 1.807) is 0 Å². The summed E-state index contributed by atoms with van der Waals surface area (Å²) in [6.45, 7) is 6.52. The Balaban J connectivity index is 1.46. The molecule has 0 atom stereocenters. The Morgan fingerprint density at radius 3 is 2.06 bits per heavy atom. The summed E-state index contributed by atoms with van der Waals surface area (Å²) in [5, 5.41) is 0. The Hall–Kier alpha value is 0.120. The SMILES string of the molecule is O=C(C1CC1)N1CCN(C2CCN(I)CC2)CC1. The monoisotopic (exact) mass is 363 g/mol. The van der Waals surface area contributed by atoms with E-state index in [9.17, 15) is 4.79 Å². The molecule has 0 radical (unpaired) electrons. The summed E-state index contributed by atoms with van der Waals surface area (Å²) in [6, 6.07) is 0.759. The Labute approximate surface area is 123 Å². The number of amides is 1. The topological polar surface area (TPSA) is 26.8 Å². The van der Waals surface area contributed by atoms with Crippen molar-refractivity contribution in [2.75, 3.05) is 39.3 Å². The second kappa shape index (κ2) is 5.63. The lowest BCUT2D eigenvalue weighted by molar-refractivity contribution is -0.134. The fraction of sp³-hybridized carbons (Fsp3) is 0.923. The molecule has 0 N–H and O–H groups in total. The fourth-order valence-electron chi connectivity index (χ4n) is 3.10. The van der Waals surface area contributed by atoms with Crippen LogP contribution >= 0.6 is 22.9 Å². The summed E-state index contributed by atoms with van der Waals surface area (Å²) in [5.74, 6) is 0.815. The Morgan fingerprint density at radius 1 is 0.889 bits per heavy atom. The first-order valence-corrected chi connectivity index (χ1v) is 8.14. The van der Waals surface area contributed by atoms with E-state index in [4.69, 9.17) is 0 Å². The molecule has 0 spiro atoms. The number of nitrogens with zero attached hydrogens (tertiary/aromatic N) is 3. The van der Waals surface area contributed by atoms with Crippen molar-refractivity contribution in [3.8, 4) is 0 Å². The van der Waals surface area contributed by atoms with E-state index in [2.05, 4.69) is 35.8 Å². The maximum Gasteiger partial charge on any atom is 0.225 e.